The lowest BCUT2D eigenvalue weighted by Crippen LogP contribution is -2.12. The fraction of sp³-hybridized carbons (Fsp3) is 0.308. The van der Waals surface area contributed by atoms with E-state index in [2.05, 4.69) is 52.9 Å². The molecule has 168 valence electrons. The Morgan fingerprint density at radius 2 is 1.88 bits per heavy atom. The predicted octanol–water partition coefficient (Wildman–Crippen LogP) is 5.61. The Hall–Kier alpha value is -3.19. The molecule has 5 rings (SSSR count). The number of para-hydroxylation sites is 1. The van der Waals surface area contributed by atoms with Crippen molar-refractivity contribution in [3.8, 4) is 22.6 Å². The summed E-state index contributed by atoms with van der Waals surface area (Å²) in [5.74, 6) is 1.17. The number of carbonyl (C=O) groups excluding carboxylic acids is 1. The highest BCUT2D eigenvalue weighted by atomic mass is 32.2. The minimum absolute atomic E-state index is 0.166. The van der Waals surface area contributed by atoms with Crippen LogP contribution in [0.3, 0.4) is 0 Å². The molecule has 1 atom stereocenters. The molecule has 2 aromatic heterocycles. The van der Waals surface area contributed by atoms with Crippen molar-refractivity contribution in [2.45, 2.75) is 43.6 Å². The van der Waals surface area contributed by atoms with Crippen LogP contribution in [0, 0.1) is 5.92 Å². The Kier molecular flexibility index (Phi) is 6.13. The third-order valence-corrected chi connectivity index (χ3v) is 7.03. The number of pyridine rings is 1. The molecule has 0 saturated carbocycles. The van der Waals surface area contributed by atoms with Crippen molar-refractivity contribution in [2.75, 3.05) is 6.61 Å². The summed E-state index contributed by atoms with van der Waals surface area (Å²) in [7, 11) is 0. The van der Waals surface area contributed by atoms with Crippen LogP contribution in [0.4, 0.5) is 0 Å². The molecule has 0 unspecified atom stereocenters. The average Bonchev–Trinajstić information content (AvgIpc) is 3.43. The van der Waals surface area contributed by atoms with Gasteiger partial charge in [-0.05, 0) is 24.5 Å². The highest BCUT2D eigenvalue weighted by Gasteiger charge is 2.30. The van der Waals surface area contributed by atoms with E-state index in [-0.39, 0.29) is 11.2 Å². The maximum atomic E-state index is 12.1. The lowest BCUT2D eigenvalue weighted by molar-refractivity contribution is -0.137. The normalized spacial score (nSPS) is 16.0. The summed E-state index contributed by atoms with van der Waals surface area (Å²) in [6.45, 7) is 5.67. The summed E-state index contributed by atoms with van der Waals surface area (Å²) in [5.41, 5.74) is 3.87. The summed E-state index contributed by atoms with van der Waals surface area (Å²) in [6.07, 6.45) is 1.69. The van der Waals surface area contributed by atoms with Crippen LogP contribution in [-0.2, 0) is 16.1 Å². The second-order valence-corrected chi connectivity index (χ2v) is 9.81. The van der Waals surface area contributed by atoms with Crippen LogP contribution in [0.1, 0.15) is 26.7 Å². The van der Waals surface area contributed by atoms with Gasteiger partial charge in [0.25, 0.3) is 0 Å². The van der Waals surface area contributed by atoms with Gasteiger partial charge < -0.3 is 9.30 Å². The standard InChI is InChI=1S/C26H26N4O2S/c1-17(2)12-14-30-24(28-29-26(30)33-23-13-15-32-25(23)31)20-16-22(18-8-4-3-5-9-18)27-21-11-7-6-10-19(20)21/h3-11,16-17,23H,12-15H2,1-2H3/t23-/m1/s1. The van der Waals surface area contributed by atoms with Crippen molar-refractivity contribution in [1.82, 2.24) is 19.7 Å². The minimum Gasteiger partial charge on any atom is -0.465 e. The number of thioether (sulfide) groups is 1. The number of aromatic nitrogens is 4. The number of hydrogen-bond donors (Lipinski definition) is 0. The molecule has 1 fully saturated rings. The predicted molar refractivity (Wildman–Crippen MR) is 131 cm³/mol. The van der Waals surface area contributed by atoms with Crippen molar-refractivity contribution in [3.63, 3.8) is 0 Å². The molecule has 1 aliphatic rings. The Morgan fingerprint density at radius 3 is 2.64 bits per heavy atom. The zero-order valence-electron chi connectivity index (χ0n) is 18.8. The lowest BCUT2D eigenvalue weighted by Gasteiger charge is -2.15. The van der Waals surface area contributed by atoms with E-state index in [0.29, 0.717) is 18.9 Å². The van der Waals surface area contributed by atoms with Gasteiger partial charge in [0.2, 0.25) is 0 Å². The second-order valence-electron chi connectivity index (χ2n) is 8.64. The number of carbonyl (C=O) groups is 1. The number of rotatable bonds is 7. The van der Waals surface area contributed by atoms with Crippen LogP contribution in [-0.4, -0.2) is 37.6 Å². The zero-order chi connectivity index (χ0) is 22.8. The zero-order valence-corrected chi connectivity index (χ0v) is 19.6. The molecule has 0 N–H and O–H groups in total. The largest absolute Gasteiger partial charge is 0.465 e. The molecule has 0 bridgehead atoms. The molecule has 6 nitrogen and oxygen atoms in total. The fourth-order valence-corrected chi connectivity index (χ4v) is 5.02. The minimum atomic E-state index is -0.228. The van der Waals surface area contributed by atoms with Gasteiger partial charge in [-0.3, -0.25) is 4.79 Å². The van der Waals surface area contributed by atoms with E-state index in [4.69, 9.17) is 9.72 Å². The second kappa shape index (κ2) is 9.35. The van der Waals surface area contributed by atoms with E-state index in [0.717, 1.165) is 51.7 Å². The first-order valence-electron chi connectivity index (χ1n) is 11.3. The van der Waals surface area contributed by atoms with Crippen LogP contribution >= 0.6 is 11.8 Å². The van der Waals surface area contributed by atoms with E-state index < -0.39 is 0 Å². The van der Waals surface area contributed by atoms with Crippen LogP contribution in [0.5, 0.6) is 0 Å². The molecular weight excluding hydrogens is 432 g/mol. The number of esters is 1. The van der Waals surface area contributed by atoms with Crippen molar-refractivity contribution < 1.29 is 9.53 Å². The summed E-state index contributed by atoms with van der Waals surface area (Å²) in [5, 5.41) is 10.7. The van der Waals surface area contributed by atoms with Crippen molar-refractivity contribution in [2.24, 2.45) is 5.92 Å². The molecule has 3 heterocycles. The maximum Gasteiger partial charge on any atom is 0.319 e. The number of ether oxygens (including phenoxy) is 1. The summed E-state index contributed by atoms with van der Waals surface area (Å²) < 4.78 is 7.32. The van der Waals surface area contributed by atoms with Gasteiger partial charge in [0, 0.05) is 29.5 Å². The number of cyclic esters (lactones) is 1. The molecule has 0 amide bonds. The van der Waals surface area contributed by atoms with Gasteiger partial charge in [-0.1, -0.05) is 74.1 Å². The molecule has 7 heteroatoms. The van der Waals surface area contributed by atoms with E-state index in [1.54, 1.807) is 0 Å². The van der Waals surface area contributed by atoms with E-state index in [1.807, 2.05) is 36.4 Å². The van der Waals surface area contributed by atoms with Gasteiger partial charge in [-0.15, -0.1) is 10.2 Å². The monoisotopic (exact) mass is 458 g/mol. The number of nitrogens with zero attached hydrogens (tertiary/aromatic N) is 4. The quantitative estimate of drug-likeness (QED) is 0.335. The molecule has 0 aliphatic carbocycles. The third-order valence-electron chi connectivity index (χ3n) is 5.81. The Balaban J connectivity index is 1.64. The average molecular weight is 459 g/mol. The molecule has 1 saturated heterocycles. The first-order valence-corrected chi connectivity index (χ1v) is 12.2. The third kappa shape index (κ3) is 4.50. The first-order chi connectivity index (χ1) is 16.1. The molecule has 0 spiro atoms. The van der Waals surface area contributed by atoms with E-state index in [1.165, 1.54) is 11.8 Å². The number of hydrogen-bond acceptors (Lipinski definition) is 6. The van der Waals surface area contributed by atoms with Crippen LogP contribution < -0.4 is 0 Å². The highest BCUT2D eigenvalue weighted by Crippen LogP contribution is 2.35. The van der Waals surface area contributed by atoms with Gasteiger partial charge in [-0.25, -0.2) is 4.98 Å². The van der Waals surface area contributed by atoms with Gasteiger partial charge in [0.05, 0.1) is 17.8 Å². The van der Waals surface area contributed by atoms with Crippen LogP contribution in [0.2, 0.25) is 0 Å². The number of benzene rings is 2. The molecule has 0 radical (unpaired) electrons. The Labute approximate surface area is 197 Å². The number of fused-ring (bicyclic) bond motifs is 1. The highest BCUT2D eigenvalue weighted by molar-refractivity contribution is 8.00. The van der Waals surface area contributed by atoms with Gasteiger partial charge in [-0.2, -0.15) is 0 Å². The smallest absolute Gasteiger partial charge is 0.319 e. The van der Waals surface area contributed by atoms with Crippen molar-refractivity contribution >= 4 is 28.6 Å². The van der Waals surface area contributed by atoms with Crippen LogP contribution in [0.25, 0.3) is 33.5 Å². The van der Waals surface area contributed by atoms with Crippen molar-refractivity contribution in [1.29, 1.82) is 0 Å². The van der Waals surface area contributed by atoms with E-state index in [9.17, 15) is 4.79 Å². The Morgan fingerprint density at radius 1 is 1.09 bits per heavy atom. The molecule has 4 aromatic rings. The van der Waals surface area contributed by atoms with Gasteiger partial charge in [0.15, 0.2) is 11.0 Å². The van der Waals surface area contributed by atoms with Gasteiger partial charge in [0.1, 0.15) is 5.25 Å². The van der Waals surface area contributed by atoms with Gasteiger partial charge >= 0.3 is 5.97 Å². The fourth-order valence-electron chi connectivity index (χ4n) is 3.99. The van der Waals surface area contributed by atoms with Crippen molar-refractivity contribution in [3.05, 3.63) is 60.7 Å². The summed E-state index contributed by atoms with van der Waals surface area (Å²) in [4.78, 5) is 17.0. The molecule has 2 aromatic carbocycles. The van der Waals surface area contributed by atoms with Crippen LogP contribution in [0.15, 0.2) is 65.8 Å². The SMILES string of the molecule is CC(C)CCn1c(S[C@@H]2CCOC2=O)nnc1-c1cc(-c2ccccc2)nc2ccccc12. The summed E-state index contributed by atoms with van der Waals surface area (Å²) >= 11 is 1.46. The van der Waals surface area contributed by atoms with E-state index >= 15 is 0 Å². The molecular formula is C26H26N4O2S. The summed E-state index contributed by atoms with van der Waals surface area (Å²) in [6, 6.07) is 20.4. The Bertz CT molecular complexity index is 1290. The maximum absolute atomic E-state index is 12.1. The topological polar surface area (TPSA) is 69.9 Å². The molecule has 1 aliphatic heterocycles. The lowest BCUT2D eigenvalue weighted by atomic mass is 10.0. The molecule has 33 heavy (non-hydrogen) atoms. The first kappa shape index (κ1) is 21.6.